The summed E-state index contributed by atoms with van der Waals surface area (Å²) in [5, 5.41) is 2.01. The molecule has 0 atom stereocenters. The molecule has 16 heavy (non-hydrogen) atoms. The second-order valence-electron chi connectivity index (χ2n) is 3.61. The summed E-state index contributed by atoms with van der Waals surface area (Å²) in [5.41, 5.74) is 6.82. The molecular weight excluding hydrogens is 220 g/mol. The van der Waals surface area contributed by atoms with Crippen molar-refractivity contribution in [1.82, 2.24) is 4.57 Å². The summed E-state index contributed by atoms with van der Waals surface area (Å²) < 4.78 is 1.75. The first kappa shape index (κ1) is 11.0. The molecule has 0 unspecified atom stereocenters. The van der Waals surface area contributed by atoms with Crippen LogP contribution in [-0.4, -0.2) is 4.57 Å². The van der Waals surface area contributed by atoms with Crippen LogP contribution in [0.4, 0.5) is 5.69 Å². The third-order valence-corrected chi connectivity index (χ3v) is 3.32. The van der Waals surface area contributed by atoms with Gasteiger partial charge >= 0.3 is 0 Å². The smallest absolute Gasteiger partial charge is 0.274 e. The van der Waals surface area contributed by atoms with E-state index in [-0.39, 0.29) is 5.56 Å². The molecule has 0 saturated carbocycles. The van der Waals surface area contributed by atoms with Crippen LogP contribution in [0.5, 0.6) is 0 Å². The molecule has 0 saturated heterocycles. The van der Waals surface area contributed by atoms with Crippen molar-refractivity contribution in [2.75, 3.05) is 5.73 Å². The molecule has 0 spiro atoms. The Kier molecular flexibility index (Phi) is 3.10. The number of hydrogen-bond donors (Lipinski definition) is 1. The summed E-state index contributed by atoms with van der Waals surface area (Å²) in [5.74, 6) is 0. The molecule has 4 heteroatoms. The molecule has 3 nitrogen and oxygen atoms in total. The molecule has 2 aromatic heterocycles. The summed E-state index contributed by atoms with van der Waals surface area (Å²) in [7, 11) is 0. The third kappa shape index (κ3) is 1.88. The molecular formula is C12H14N2OS. The van der Waals surface area contributed by atoms with Crippen molar-refractivity contribution in [2.24, 2.45) is 0 Å². The summed E-state index contributed by atoms with van der Waals surface area (Å²) in [6.07, 6.45) is 0.918. The molecule has 2 rings (SSSR count). The summed E-state index contributed by atoms with van der Waals surface area (Å²) in [4.78, 5) is 13.0. The zero-order chi connectivity index (χ0) is 11.5. The molecule has 0 aromatic carbocycles. The Hall–Kier alpha value is -1.55. The summed E-state index contributed by atoms with van der Waals surface area (Å²) in [6.45, 7) is 2.75. The normalized spacial score (nSPS) is 10.6. The van der Waals surface area contributed by atoms with Gasteiger partial charge in [0.1, 0.15) is 0 Å². The minimum absolute atomic E-state index is 0.0900. The zero-order valence-corrected chi connectivity index (χ0v) is 9.96. The highest BCUT2D eigenvalue weighted by Crippen LogP contribution is 2.24. The van der Waals surface area contributed by atoms with E-state index < -0.39 is 0 Å². The predicted molar refractivity (Wildman–Crippen MR) is 68.7 cm³/mol. The number of aromatic nitrogens is 1. The van der Waals surface area contributed by atoms with Gasteiger partial charge < -0.3 is 10.3 Å². The van der Waals surface area contributed by atoms with Crippen molar-refractivity contribution >= 4 is 17.0 Å². The van der Waals surface area contributed by atoms with Crippen LogP contribution in [0.25, 0.3) is 10.6 Å². The van der Waals surface area contributed by atoms with E-state index in [2.05, 4.69) is 0 Å². The fourth-order valence-corrected chi connectivity index (χ4v) is 2.44. The highest BCUT2D eigenvalue weighted by molar-refractivity contribution is 7.13. The molecule has 2 heterocycles. The quantitative estimate of drug-likeness (QED) is 0.887. The minimum atomic E-state index is -0.0900. The van der Waals surface area contributed by atoms with Crippen LogP contribution in [0, 0.1) is 0 Å². The lowest BCUT2D eigenvalue weighted by molar-refractivity contribution is 0.663. The van der Waals surface area contributed by atoms with Gasteiger partial charge in [0.05, 0.1) is 16.3 Å². The Bertz CT molecular complexity index is 528. The first-order valence-electron chi connectivity index (χ1n) is 5.27. The van der Waals surface area contributed by atoms with E-state index in [0.29, 0.717) is 12.2 Å². The van der Waals surface area contributed by atoms with E-state index in [1.54, 1.807) is 22.0 Å². The molecule has 0 aliphatic heterocycles. The highest BCUT2D eigenvalue weighted by Gasteiger charge is 2.08. The van der Waals surface area contributed by atoms with Gasteiger partial charge in [-0.2, -0.15) is 0 Å². The van der Waals surface area contributed by atoms with Crippen LogP contribution < -0.4 is 11.3 Å². The van der Waals surface area contributed by atoms with Gasteiger partial charge in [-0.15, -0.1) is 11.3 Å². The summed E-state index contributed by atoms with van der Waals surface area (Å²) in [6, 6.07) is 7.60. The van der Waals surface area contributed by atoms with Gasteiger partial charge in [0.15, 0.2) is 0 Å². The molecule has 0 radical (unpaired) electrons. The second-order valence-corrected chi connectivity index (χ2v) is 4.56. The molecule has 2 aromatic rings. The van der Waals surface area contributed by atoms with Crippen molar-refractivity contribution in [3.63, 3.8) is 0 Å². The first-order valence-corrected chi connectivity index (χ1v) is 6.15. The lowest BCUT2D eigenvalue weighted by Gasteiger charge is -2.11. The van der Waals surface area contributed by atoms with Gasteiger partial charge in [0.25, 0.3) is 5.56 Å². The monoisotopic (exact) mass is 234 g/mol. The molecule has 2 N–H and O–H groups in total. The average Bonchev–Trinajstić information content (AvgIpc) is 2.79. The number of rotatable bonds is 3. The van der Waals surface area contributed by atoms with E-state index in [9.17, 15) is 4.79 Å². The number of pyridine rings is 1. The van der Waals surface area contributed by atoms with E-state index in [0.717, 1.165) is 17.0 Å². The van der Waals surface area contributed by atoms with E-state index in [4.69, 9.17) is 5.73 Å². The van der Waals surface area contributed by atoms with Gasteiger partial charge in [0, 0.05) is 6.54 Å². The van der Waals surface area contributed by atoms with Crippen molar-refractivity contribution in [1.29, 1.82) is 0 Å². The van der Waals surface area contributed by atoms with Gasteiger partial charge in [-0.05, 0) is 30.0 Å². The van der Waals surface area contributed by atoms with Crippen LogP contribution in [-0.2, 0) is 6.54 Å². The Morgan fingerprint density at radius 3 is 2.81 bits per heavy atom. The van der Waals surface area contributed by atoms with E-state index in [1.807, 2.05) is 30.5 Å². The first-order chi connectivity index (χ1) is 7.74. The SMILES string of the molecule is CCCn1c(-c2cccs2)ccc(N)c1=O. The van der Waals surface area contributed by atoms with Crippen molar-refractivity contribution in [3.05, 3.63) is 40.0 Å². The lowest BCUT2D eigenvalue weighted by atomic mass is 10.2. The Morgan fingerprint density at radius 2 is 2.19 bits per heavy atom. The molecule has 0 aliphatic rings. The maximum Gasteiger partial charge on any atom is 0.274 e. The largest absolute Gasteiger partial charge is 0.394 e. The Balaban J connectivity index is 2.61. The number of nitrogens with two attached hydrogens (primary N) is 1. The van der Waals surface area contributed by atoms with Crippen LogP contribution in [0.2, 0.25) is 0 Å². The van der Waals surface area contributed by atoms with Crippen molar-refractivity contribution in [2.45, 2.75) is 19.9 Å². The molecule has 84 valence electrons. The van der Waals surface area contributed by atoms with Gasteiger partial charge in [0.2, 0.25) is 0 Å². The standard InChI is InChI=1S/C12H14N2OS/c1-2-7-14-10(11-4-3-8-16-11)6-5-9(13)12(14)15/h3-6,8H,2,7,13H2,1H3. The number of anilines is 1. The number of thiophene rings is 1. The van der Waals surface area contributed by atoms with Crippen molar-refractivity contribution in [3.8, 4) is 10.6 Å². The molecule has 0 bridgehead atoms. The third-order valence-electron chi connectivity index (χ3n) is 2.42. The topological polar surface area (TPSA) is 48.0 Å². The van der Waals surface area contributed by atoms with Crippen LogP contribution >= 0.6 is 11.3 Å². The summed E-state index contributed by atoms with van der Waals surface area (Å²) >= 11 is 1.63. The van der Waals surface area contributed by atoms with Crippen LogP contribution in [0.3, 0.4) is 0 Å². The average molecular weight is 234 g/mol. The number of nitrogens with zero attached hydrogens (tertiary/aromatic N) is 1. The molecule has 0 fully saturated rings. The Labute approximate surface area is 98.2 Å². The maximum atomic E-state index is 11.9. The zero-order valence-electron chi connectivity index (χ0n) is 9.14. The van der Waals surface area contributed by atoms with Gasteiger partial charge in [-0.3, -0.25) is 4.79 Å². The fourth-order valence-electron chi connectivity index (χ4n) is 1.68. The number of hydrogen-bond acceptors (Lipinski definition) is 3. The maximum absolute atomic E-state index is 11.9. The lowest BCUT2D eigenvalue weighted by Crippen LogP contribution is -2.23. The van der Waals surface area contributed by atoms with E-state index in [1.165, 1.54) is 0 Å². The second kappa shape index (κ2) is 4.53. The Morgan fingerprint density at radius 1 is 1.38 bits per heavy atom. The molecule has 0 amide bonds. The minimum Gasteiger partial charge on any atom is -0.394 e. The fraction of sp³-hybridized carbons (Fsp3) is 0.250. The van der Waals surface area contributed by atoms with Crippen molar-refractivity contribution < 1.29 is 0 Å². The van der Waals surface area contributed by atoms with E-state index >= 15 is 0 Å². The highest BCUT2D eigenvalue weighted by atomic mass is 32.1. The van der Waals surface area contributed by atoms with Gasteiger partial charge in [-0.1, -0.05) is 13.0 Å². The number of nitrogen functional groups attached to an aromatic ring is 1. The predicted octanol–water partition coefficient (Wildman–Crippen LogP) is 2.57. The molecule has 0 aliphatic carbocycles. The van der Waals surface area contributed by atoms with Crippen LogP contribution in [0.15, 0.2) is 34.4 Å². The van der Waals surface area contributed by atoms with Crippen LogP contribution in [0.1, 0.15) is 13.3 Å². The van der Waals surface area contributed by atoms with Gasteiger partial charge in [-0.25, -0.2) is 0 Å².